The standard InChI is InChI=1S/C16H17N2/c1-13-15(14-7-3-2-4-8-14)11-17-12-16(13)18-9-5-6-10-18/h2-4,7-8,12H,5-6,9-10H2,1H3. The second-order valence-corrected chi connectivity index (χ2v) is 4.82. The van der Waals surface area contributed by atoms with Crippen molar-refractivity contribution in [1.82, 2.24) is 4.98 Å². The molecule has 0 atom stereocenters. The summed E-state index contributed by atoms with van der Waals surface area (Å²) in [5.74, 6) is 0. The molecular weight excluding hydrogens is 220 g/mol. The second-order valence-electron chi connectivity index (χ2n) is 4.82. The zero-order chi connectivity index (χ0) is 12.4. The third kappa shape index (κ3) is 1.99. The highest BCUT2D eigenvalue weighted by atomic mass is 15.1. The van der Waals surface area contributed by atoms with Gasteiger partial charge in [-0.3, -0.25) is 4.98 Å². The summed E-state index contributed by atoms with van der Waals surface area (Å²) < 4.78 is 0. The molecule has 2 aromatic rings. The molecule has 1 aliphatic rings. The maximum atomic E-state index is 4.30. The van der Waals surface area contributed by atoms with Gasteiger partial charge in [0.25, 0.3) is 0 Å². The van der Waals surface area contributed by atoms with Crippen LogP contribution in [0, 0.1) is 13.1 Å². The van der Waals surface area contributed by atoms with Gasteiger partial charge < -0.3 is 4.90 Å². The molecule has 0 amide bonds. The Balaban J connectivity index is 2.04. The number of hydrogen-bond acceptors (Lipinski definition) is 2. The van der Waals surface area contributed by atoms with E-state index in [0.29, 0.717) is 0 Å². The highest BCUT2D eigenvalue weighted by Gasteiger charge is 2.16. The van der Waals surface area contributed by atoms with E-state index >= 15 is 0 Å². The molecule has 1 saturated heterocycles. The Bertz CT molecular complexity index is 528. The van der Waals surface area contributed by atoms with Crippen LogP contribution >= 0.6 is 0 Å². The third-order valence-electron chi connectivity index (χ3n) is 3.63. The average molecular weight is 237 g/mol. The van der Waals surface area contributed by atoms with E-state index in [1.165, 1.54) is 29.7 Å². The van der Waals surface area contributed by atoms with Gasteiger partial charge in [-0.2, -0.15) is 0 Å². The maximum Gasteiger partial charge on any atom is 0.0975 e. The molecule has 1 aromatic carbocycles. The number of rotatable bonds is 2. The molecule has 0 saturated carbocycles. The molecular formula is C16H17N2. The van der Waals surface area contributed by atoms with Gasteiger partial charge in [-0.15, -0.1) is 0 Å². The van der Waals surface area contributed by atoms with Crippen molar-refractivity contribution in [2.75, 3.05) is 18.0 Å². The van der Waals surface area contributed by atoms with Crippen molar-refractivity contribution in [2.45, 2.75) is 19.8 Å². The summed E-state index contributed by atoms with van der Waals surface area (Å²) in [5, 5.41) is 0. The molecule has 0 N–H and O–H groups in total. The normalized spacial score (nSPS) is 15.1. The minimum absolute atomic E-state index is 1.13. The largest absolute Gasteiger partial charge is 0.370 e. The van der Waals surface area contributed by atoms with Crippen molar-refractivity contribution in [3.8, 4) is 11.1 Å². The monoisotopic (exact) mass is 237 g/mol. The van der Waals surface area contributed by atoms with E-state index in [-0.39, 0.29) is 0 Å². The number of anilines is 1. The van der Waals surface area contributed by atoms with Gasteiger partial charge in [0.15, 0.2) is 0 Å². The molecule has 3 rings (SSSR count). The van der Waals surface area contributed by atoms with E-state index in [4.69, 9.17) is 0 Å². The van der Waals surface area contributed by atoms with Gasteiger partial charge in [0.05, 0.1) is 18.1 Å². The number of pyridine rings is 1. The van der Waals surface area contributed by atoms with Crippen LogP contribution in [0.2, 0.25) is 0 Å². The van der Waals surface area contributed by atoms with Crippen molar-refractivity contribution in [1.29, 1.82) is 0 Å². The van der Waals surface area contributed by atoms with Gasteiger partial charge in [0, 0.05) is 18.7 Å². The molecule has 1 aromatic heterocycles. The van der Waals surface area contributed by atoms with Gasteiger partial charge >= 0.3 is 0 Å². The van der Waals surface area contributed by atoms with Crippen molar-refractivity contribution >= 4 is 5.69 Å². The molecule has 91 valence electrons. The van der Waals surface area contributed by atoms with Crippen LogP contribution in [0.1, 0.15) is 18.4 Å². The van der Waals surface area contributed by atoms with Crippen molar-refractivity contribution in [3.05, 3.63) is 48.3 Å². The number of benzene rings is 1. The third-order valence-corrected chi connectivity index (χ3v) is 3.63. The summed E-state index contributed by atoms with van der Waals surface area (Å²) in [6.45, 7) is 4.48. The lowest BCUT2D eigenvalue weighted by Crippen LogP contribution is -2.19. The maximum absolute atomic E-state index is 4.30. The van der Waals surface area contributed by atoms with E-state index in [2.05, 4.69) is 47.3 Å². The van der Waals surface area contributed by atoms with Gasteiger partial charge in [-0.25, -0.2) is 0 Å². The van der Waals surface area contributed by atoms with Crippen molar-refractivity contribution < 1.29 is 0 Å². The molecule has 2 heterocycles. The van der Waals surface area contributed by atoms with E-state index in [0.717, 1.165) is 18.7 Å². The highest BCUT2D eigenvalue weighted by molar-refractivity contribution is 5.72. The first-order valence-electron chi connectivity index (χ1n) is 6.54. The van der Waals surface area contributed by atoms with Crippen LogP contribution in [0.3, 0.4) is 0 Å². The van der Waals surface area contributed by atoms with Crippen LogP contribution < -0.4 is 4.90 Å². The highest BCUT2D eigenvalue weighted by Crippen LogP contribution is 2.30. The molecule has 0 aliphatic carbocycles. The molecule has 0 unspecified atom stereocenters. The van der Waals surface area contributed by atoms with E-state index in [1.54, 1.807) is 0 Å². The van der Waals surface area contributed by atoms with Gasteiger partial charge in [0.1, 0.15) is 0 Å². The summed E-state index contributed by atoms with van der Waals surface area (Å²) in [6, 6.07) is 10.4. The Kier molecular flexibility index (Phi) is 3.01. The molecule has 0 spiro atoms. The first kappa shape index (κ1) is 11.3. The lowest BCUT2D eigenvalue weighted by atomic mass is 10.0. The van der Waals surface area contributed by atoms with Crippen LogP contribution in [0.25, 0.3) is 11.1 Å². The average Bonchev–Trinajstić information content (AvgIpc) is 2.94. The van der Waals surface area contributed by atoms with Gasteiger partial charge in [-0.05, 0) is 30.9 Å². The van der Waals surface area contributed by atoms with E-state index in [1.807, 2.05) is 12.3 Å². The SMILES string of the molecule is Cc1c(-c2ccccc2)[c]ncc1N1CCCC1. The summed E-state index contributed by atoms with van der Waals surface area (Å²) in [7, 11) is 0. The molecule has 1 radical (unpaired) electrons. The topological polar surface area (TPSA) is 16.1 Å². The van der Waals surface area contributed by atoms with Crippen molar-refractivity contribution in [3.63, 3.8) is 0 Å². The van der Waals surface area contributed by atoms with E-state index < -0.39 is 0 Å². The Labute approximate surface area is 108 Å². The smallest absolute Gasteiger partial charge is 0.0975 e. The molecule has 2 nitrogen and oxygen atoms in total. The Morgan fingerprint density at radius 1 is 1.11 bits per heavy atom. The number of hydrogen-bond donors (Lipinski definition) is 0. The minimum Gasteiger partial charge on any atom is -0.370 e. The van der Waals surface area contributed by atoms with Crippen LogP contribution in [0.4, 0.5) is 5.69 Å². The lowest BCUT2D eigenvalue weighted by Gasteiger charge is -2.21. The predicted octanol–water partition coefficient (Wildman–Crippen LogP) is 3.46. The van der Waals surface area contributed by atoms with Gasteiger partial charge in [-0.1, -0.05) is 30.3 Å². The van der Waals surface area contributed by atoms with Crippen LogP contribution in [-0.4, -0.2) is 18.1 Å². The zero-order valence-electron chi connectivity index (χ0n) is 10.7. The lowest BCUT2D eigenvalue weighted by molar-refractivity contribution is 0.949. The van der Waals surface area contributed by atoms with Crippen LogP contribution in [-0.2, 0) is 0 Å². The van der Waals surface area contributed by atoms with Gasteiger partial charge in [0.2, 0.25) is 0 Å². The molecule has 0 bridgehead atoms. The summed E-state index contributed by atoms with van der Waals surface area (Å²) in [6.07, 6.45) is 7.67. The first-order chi connectivity index (χ1) is 8.86. The first-order valence-corrected chi connectivity index (χ1v) is 6.54. The Morgan fingerprint density at radius 2 is 1.83 bits per heavy atom. The summed E-state index contributed by atoms with van der Waals surface area (Å²) >= 11 is 0. The summed E-state index contributed by atoms with van der Waals surface area (Å²) in [5.41, 5.74) is 4.88. The Morgan fingerprint density at radius 3 is 2.56 bits per heavy atom. The zero-order valence-corrected chi connectivity index (χ0v) is 10.7. The number of aromatic nitrogens is 1. The fraction of sp³-hybridized carbons (Fsp3) is 0.312. The van der Waals surface area contributed by atoms with Crippen molar-refractivity contribution in [2.24, 2.45) is 0 Å². The Hall–Kier alpha value is -1.83. The van der Waals surface area contributed by atoms with E-state index in [9.17, 15) is 0 Å². The van der Waals surface area contributed by atoms with Crippen LogP contribution in [0.15, 0.2) is 36.5 Å². The quantitative estimate of drug-likeness (QED) is 0.795. The second kappa shape index (κ2) is 4.81. The fourth-order valence-electron chi connectivity index (χ4n) is 2.63. The number of nitrogens with zero attached hydrogens (tertiary/aromatic N) is 2. The van der Waals surface area contributed by atoms with Crippen LogP contribution in [0.5, 0.6) is 0 Å². The minimum atomic E-state index is 1.13. The fourth-order valence-corrected chi connectivity index (χ4v) is 2.63. The molecule has 18 heavy (non-hydrogen) atoms. The summed E-state index contributed by atoms with van der Waals surface area (Å²) in [4.78, 5) is 6.73. The molecule has 2 heteroatoms. The molecule has 1 aliphatic heterocycles. The predicted molar refractivity (Wildman–Crippen MR) is 74.7 cm³/mol. The molecule has 1 fully saturated rings.